The zero-order valence-electron chi connectivity index (χ0n) is 9.90. The third-order valence-corrected chi connectivity index (χ3v) is 2.57. The molecule has 4 N–H and O–H groups in total. The minimum atomic E-state index is -0.381. The number of nitrogens with two attached hydrogens (primary N) is 1. The Hall–Kier alpha value is -2.28. The first-order chi connectivity index (χ1) is 8.60. The Kier molecular flexibility index (Phi) is 3.33. The molecule has 96 valence electrons. The van der Waals surface area contributed by atoms with Crippen molar-refractivity contribution in [3.63, 3.8) is 0 Å². The summed E-state index contributed by atoms with van der Waals surface area (Å²) in [5, 5.41) is 2.71. The molecule has 0 aromatic heterocycles. The molecule has 0 spiro atoms. The van der Waals surface area contributed by atoms with Crippen molar-refractivity contribution in [2.24, 2.45) is 5.84 Å². The minimum Gasteiger partial charge on any atom is -0.482 e. The normalized spacial score (nSPS) is 13.1. The molecular formula is C11H14N4O3. The standard InChI is InChI=1S/C11H14N4O3/c1-15(11(17)14-12)5-7-2-3-9-8(4-7)13-10(16)6-18-9/h2-4H,5-6,12H2,1H3,(H,13,16)(H,14,17). The van der Waals surface area contributed by atoms with Gasteiger partial charge >= 0.3 is 6.03 Å². The van der Waals surface area contributed by atoms with E-state index in [1.165, 1.54) is 4.90 Å². The van der Waals surface area contributed by atoms with Gasteiger partial charge in [0.25, 0.3) is 5.91 Å². The molecule has 0 radical (unpaired) electrons. The number of carbonyl (C=O) groups excluding carboxylic acids is 2. The summed E-state index contributed by atoms with van der Waals surface area (Å²) in [4.78, 5) is 23.9. The minimum absolute atomic E-state index is 0.0296. The first-order valence-electron chi connectivity index (χ1n) is 5.37. The Morgan fingerprint density at radius 1 is 1.61 bits per heavy atom. The van der Waals surface area contributed by atoms with Crippen molar-refractivity contribution in [1.82, 2.24) is 10.3 Å². The van der Waals surface area contributed by atoms with Crippen LogP contribution < -0.4 is 21.3 Å². The molecule has 1 aromatic carbocycles. The van der Waals surface area contributed by atoms with Gasteiger partial charge in [0.1, 0.15) is 5.75 Å². The summed E-state index contributed by atoms with van der Waals surface area (Å²) >= 11 is 0. The number of amides is 3. The van der Waals surface area contributed by atoms with Crippen molar-refractivity contribution in [2.75, 3.05) is 19.0 Å². The summed E-state index contributed by atoms with van der Waals surface area (Å²) in [7, 11) is 1.62. The van der Waals surface area contributed by atoms with Crippen LogP contribution in [0.15, 0.2) is 18.2 Å². The van der Waals surface area contributed by atoms with Gasteiger partial charge in [0.15, 0.2) is 6.61 Å². The van der Waals surface area contributed by atoms with E-state index in [1.807, 2.05) is 11.5 Å². The Balaban J connectivity index is 2.13. The van der Waals surface area contributed by atoms with E-state index in [-0.39, 0.29) is 18.5 Å². The molecule has 1 aliphatic heterocycles. The molecule has 1 aliphatic rings. The van der Waals surface area contributed by atoms with E-state index >= 15 is 0 Å². The SMILES string of the molecule is CN(Cc1ccc2c(c1)NC(=O)CO2)C(=O)NN. The van der Waals surface area contributed by atoms with Gasteiger partial charge in [-0.1, -0.05) is 6.07 Å². The maximum Gasteiger partial charge on any atom is 0.331 e. The van der Waals surface area contributed by atoms with Gasteiger partial charge in [0.2, 0.25) is 0 Å². The van der Waals surface area contributed by atoms with E-state index in [0.29, 0.717) is 18.0 Å². The fourth-order valence-electron chi connectivity index (χ4n) is 1.68. The van der Waals surface area contributed by atoms with E-state index in [4.69, 9.17) is 10.6 Å². The lowest BCUT2D eigenvalue weighted by molar-refractivity contribution is -0.118. The molecule has 18 heavy (non-hydrogen) atoms. The van der Waals surface area contributed by atoms with Gasteiger partial charge in [0.05, 0.1) is 5.69 Å². The van der Waals surface area contributed by atoms with Gasteiger partial charge in [-0.3, -0.25) is 10.2 Å². The number of carbonyl (C=O) groups is 2. The summed E-state index contributed by atoms with van der Waals surface area (Å²) < 4.78 is 5.24. The maximum absolute atomic E-state index is 11.3. The van der Waals surface area contributed by atoms with Crippen molar-refractivity contribution in [1.29, 1.82) is 0 Å². The summed E-state index contributed by atoms with van der Waals surface area (Å²) in [5.41, 5.74) is 3.53. The van der Waals surface area contributed by atoms with Crippen molar-refractivity contribution < 1.29 is 14.3 Å². The quantitative estimate of drug-likeness (QED) is 0.392. The van der Waals surface area contributed by atoms with Gasteiger partial charge in [-0.05, 0) is 17.7 Å². The average Bonchev–Trinajstić information content (AvgIpc) is 2.37. The van der Waals surface area contributed by atoms with Crippen LogP contribution in [0.3, 0.4) is 0 Å². The molecule has 7 nitrogen and oxygen atoms in total. The molecule has 0 unspecified atom stereocenters. The molecule has 2 rings (SSSR count). The van der Waals surface area contributed by atoms with Crippen molar-refractivity contribution in [2.45, 2.75) is 6.54 Å². The van der Waals surface area contributed by atoms with Crippen molar-refractivity contribution >= 4 is 17.6 Å². The van der Waals surface area contributed by atoms with Gasteiger partial charge < -0.3 is 15.0 Å². The average molecular weight is 250 g/mol. The monoisotopic (exact) mass is 250 g/mol. The lowest BCUT2D eigenvalue weighted by atomic mass is 10.1. The highest BCUT2D eigenvalue weighted by molar-refractivity contribution is 5.95. The zero-order valence-corrected chi connectivity index (χ0v) is 9.90. The van der Waals surface area contributed by atoms with E-state index in [2.05, 4.69) is 5.32 Å². The van der Waals surface area contributed by atoms with Crippen LogP contribution >= 0.6 is 0 Å². The van der Waals surface area contributed by atoms with Crippen LogP contribution in [0.5, 0.6) is 5.75 Å². The molecule has 1 heterocycles. The zero-order chi connectivity index (χ0) is 13.1. The van der Waals surface area contributed by atoms with Crippen LogP contribution in [-0.4, -0.2) is 30.5 Å². The molecule has 0 saturated carbocycles. The number of ether oxygens (including phenoxy) is 1. The fraction of sp³-hybridized carbons (Fsp3) is 0.273. The van der Waals surface area contributed by atoms with Crippen molar-refractivity contribution in [3.05, 3.63) is 23.8 Å². The second-order valence-electron chi connectivity index (χ2n) is 3.97. The number of benzene rings is 1. The van der Waals surface area contributed by atoms with Crippen LogP contribution in [-0.2, 0) is 11.3 Å². The van der Waals surface area contributed by atoms with Gasteiger partial charge in [-0.2, -0.15) is 0 Å². The molecule has 0 saturated heterocycles. The molecule has 3 amide bonds. The van der Waals surface area contributed by atoms with Crippen LogP contribution in [0.4, 0.5) is 10.5 Å². The first kappa shape index (κ1) is 12.2. The van der Waals surface area contributed by atoms with Crippen LogP contribution in [0.2, 0.25) is 0 Å². The second kappa shape index (κ2) is 4.92. The lowest BCUT2D eigenvalue weighted by Crippen LogP contribution is -2.40. The maximum atomic E-state index is 11.3. The highest BCUT2D eigenvalue weighted by atomic mass is 16.5. The number of hydrogen-bond donors (Lipinski definition) is 3. The lowest BCUT2D eigenvalue weighted by Gasteiger charge is -2.20. The number of nitrogens with zero attached hydrogens (tertiary/aromatic N) is 1. The number of hydrogen-bond acceptors (Lipinski definition) is 4. The van der Waals surface area contributed by atoms with Crippen LogP contribution in [0.1, 0.15) is 5.56 Å². The Morgan fingerprint density at radius 3 is 3.11 bits per heavy atom. The Bertz CT molecular complexity index is 489. The predicted molar refractivity (Wildman–Crippen MR) is 64.8 cm³/mol. The fourth-order valence-corrected chi connectivity index (χ4v) is 1.68. The number of hydrazine groups is 1. The van der Waals surface area contributed by atoms with Crippen LogP contribution in [0.25, 0.3) is 0 Å². The number of urea groups is 1. The molecule has 1 aromatic rings. The number of rotatable bonds is 2. The van der Waals surface area contributed by atoms with E-state index in [1.54, 1.807) is 19.2 Å². The predicted octanol–water partition coefficient (Wildman–Crippen LogP) is 0.0326. The number of anilines is 1. The summed E-state index contributed by atoms with van der Waals surface area (Å²) in [5.74, 6) is 5.48. The molecule has 0 atom stereocenters. The molecule has 0 fully saturated rings. The number of fused-ring (bicyclic) bond motifs is 1. The smallest absolute Gasteiger partial charge is 0.331 e. The Morgan fingerprint density at radius 2 is 2.39 bits per heavy atom. The number of nitrogens with one attached hydrogen (secondary N) is 2. The third kappa shape index (κ3) is 2.51. The third-order valence-electron chi connectivity index (χ3n) is 2.57. The highest BCUT2D eigenvalue weighted by Crippen LogP contribution is 2.28. The summed E-state index contributed by atoms with van der Waals surface area (Å²) in [6.45, 7) is 0.411. The highest BCUT2D eigenvalue weighted by Gasteiger charge is 2.16. The molecule has 0 aliphatic carbocycles. The van der Waals surface area contributed by atoms with Crippen molar-refractivity contribution in [3.8, 4) is 5.75 Å². The molecular weight excluding hydrogens is 236 g/mol. The van der Waals surface area contributed by atoms with Gasteiger partial charge in [-0.15, -0.1) is 0 Å². The van der Waals surface area contributed by atoms with E-state index < -0.39 is 0 Å². The first-order valence-corrected chi connectivity index (χ1v) is 5.37. The van der Waals surface area contributed by atoms with E-state index in [0.717, 1.165) is 5.56 Å². The summed E-state index contributed by atoms with van der Waals surface area (Å²) in [6.07, 6.45) is 0. The second-order valence-corrected chi connectivity index (χ2v) is 3.97. The molecule has 0 bridgehead atoms. The summed E-state index contributed by atoms with van der Waals surface area (Å²) in [6, 6.07) is 4.98. The largest absolute Gasteiger partial charge is 0.482 e. The van der Waals surface area contributed by atoms with Crippen LogP contribution in [0, 0.1) is 0 Å². The van der Waals surface area contributed by atoms with Gasteiger partial charge in [0, 0.05) is 13.6 Å². The van der Waals surface area contributed by atoms with Gasteiger partial charge in [-0.25, -0.2) is 10.6 Å². The van der Waals surface area contributed by atoms with E-state index in [9.17, 15) is 9.59 Å². The molecule has 7 heteroatoms. The Labute approximate surface area is 104 Å². The topological polar surface area (TPSA) is 96.7 Å².